The number of rotatable bonds is 9. The summed E-state index contributed by atoms with van der Waals surface area (Å²) in [5.74, 6) is 0.701. The molecule has 0 radical (unpaired) electrons. The molecule has 0 spiro atoms. The molecule has 0 aliphatic carbocycles. The number of nitrogens with zero attached hydrogens (tertiary/aromatic N) is 4. The molecule has 13 heteroatoms. The summed E-state index contributed by atoms with van der Waals surface area (Å²) in [5.41, 5.74) is 3.97. The average molecular weight is 594 g/mol. The molecular weight excluding hydrogens is 563 g/mol. The zero-order chi connectivity index (χ0) is 26.0. The quantitative estimate of drug-likeness (QED) is 0.271. The van der Waals surface area contributed by atoms with Crippen LogP contribution in [0.4, 0.5) is 22.0 Å². The first-order chi connectivity index (χ1) is 18.1. The van der Waals surface area contributed by atoms with Crippen LogP contribution in [-0.4, -0.2) is 55.8 Å². The van der Waals surface area contributed by atoms with Gasteiger partial charge < -0.3 is 25.6 Å². The minimum atomic E-state index is -0.536. The summed E-state index contributed by atoms with van der Waals surface area (Å²) in [7, 11) is 1.53. The summed E-state index contributed by atoms with van der Waals surface area (Å²) in [4.78, 5) is 22.6. The minimum Gasteiger partial charge on any atom is -0.495 e. The minimum absolute atomic E-state index is 0. The number of methoxy groups -OCH3 is 1. The van der Waals surface area contributed by atoms with Crippen LogP contribution in [-0.2, 0) is 13.0 Å². The number of hydrogen-bond donors (Lipinski definition) is 4. The first-order valence-corrected chi connectivity index (χ1v) is 12.4. The number of nitriles is 1. The molecule has 1 fully saturated rings. The maximum absolute atomic E-state index is 12.4. The number of carbonyl (C=O) groups excluding carboxylic acids is 1. The van der Waals surface area contributed by atoms with Crippen LogP contribution in [0.25, 0.3) is 0 Å². The topological polar surface area (TPSA) is 127 Å². The number of amides is 2. The van der Waals surface area contributed by atoms with Crippen LogP contribution < -0.4 is 30.9 Å². The molecule has 2 aromatic carbocycles. The van der Waals surface area contributed by atoms with E-state index >= 15 is 0 Å². The van der Waals surface area contributed by atoms with Crippen LogP contribution >= 0.6 is 36.4 Å². The number of piperazine rings is 1. The summed E-state index contributed by atoms with van der Waals surface area (Å²) < 4.78 is 5.47. The highest BCUT2D eigenvalue weighted by atomic mass is 35.5. The largest absolute Gasteiger partial charge is 0.495 e. The molecule has 1 aromatic heterocycles. The molecule has 0 atom stereocenters. The lowest BCUT2D eigenvalue weighted by Gasteiger charge is -2.29. The first-order valence-electron chi connectivity index (χ1n) is 12.0. The Labute approximate surface area is 245 Å². The second kappa shape index (κ2) is 15.9. The summed E-state index contributed by atoms with van der Waals surface area (Å²) in [6.45, 7) is 5.60. The number of urea groups is 1. The Morgan fingerprint density at radius 3 is 2.51 bits per heavy atom. The van der Waals surface area contributed by atoms with Gasteiger partial charge in [0.15, 0.2) is 11.5 Å². The van der Waals surface area contributed by atoms with Crippen LogP contribution in [0.1, 0.15) is 16.8 Å². The smallest absolute Gasteiger partial charge is 0.325 e. The lowest BCUT2D eigenvalue weighted by Crippen LogP contribution is -2.43. The molecule has 1 aliphatic heterocycles. The van der Waals surface area contributed by atoms with E-state index in [9.17, 15) is 4.79 Å². The molecule has 2 amide bonds. The Morgan fingerprint density at radius 1 is 1.13 bits per heavy atom. The predicted molar refractivity (Wildman–Crippen MR) is 159 cm³/mol. The van der Waals surface area contributed by atoms with Crippen molar-refractivity contribution in [1.82, 2.24) is 20.6 Å². The van der Waals surface area contributed by atoms with E-state index in [1.54, 1.807) is 6.07 Å². The highest BCUT2D eigenvalue weighted by Gasteiger charge is 2.13. The maximum Gasteiger partial charge on any atom is 0.325 e. The van der Waals surface area contributed by atoms with Crippen molar-refractivity contribution in [3.8, 4) is 11.8 Å². The third kappa shape index (κ3) is 9.13. The van der Waals surface area contributed by atoms with Gasteiger partial charge in [-0.25, -0.2) is 14.8 Å². The molecule has 10 nitrogen and oxygen atoms in total. The summed E-state index contributed by atoms with van der Waals surface area (Å²) in [6.07, 6.45) is 3.28. The zero-order valence-electron chi connectivity index (χ0n) is 21.4. The van der Waals surface area contributed by atoms with Gasteiger partial charge in [0.2, 0.25) is 0 Å². The Hall–Kier alpha value is -3.33. The van der Waals surface area contributed by atoms with Gasteiger partial charge in [0.05, 0.1) is 25.2 Å². The molecule has 39 heavy (non-hydrogen) atoms. The SMILES string of the molecule is COc1cc(CCNCc2ccc(N3CCNCC3)cc2)c(Cl)cc1NC(=O)Nc1cnc(C#N)cn1.Cl.Cl. The Bertz CT molecular complexity index is 1250. The maximum atomic E-state index is 12.4. The molecule has 0 saturated carbocycles. The van der Waals surface area contributed by atoms with E-state index in [4.69, 9.17) is 21.6 Å². The highest BCUT2D eigenvalue weighted by molar-refractivity contribution is 6.31. The average Bonchev–Trinajstić information content (AvgIpc) is 2.93. The van der Waals surface area contributed by atoms with Crippen molar-refractivity contribution in [2.45, 2.75) is 13.0 Å². The molecule has 4 rings (SSSR count). The summed E-state index contributed by atoms with van der Waals surface area (Å²) in [6, 6.07) is 13.5. The van der Waals surface area contributed by atoms with E-state index in [1.807, 2.05) is 12.1 Å². The molecule has 1 saturated heterocycles. The van der Waals surface area contributed by atoms with Crippen molar-refractivity contribution < 1.29 is 9.53 Å². The Morgan fingerprint density at radius 2 is 1.87 bits per heavy atom. The van der Waals surface area contributed by atoms with Crippen molar-refractivity contribution in [2.75, 3.05) is 55.4 Å². The molecule has 3 aromatic rings. The number of anilines is 3. The second-order valence-corrected chi connectivity index (χ2v) is 8.86. The molecule has 4 N–H and O–H groups in total. The monoisotopic (exact) mass is 592 g/mol. The third-order valence-corrected chi connectivity index (χ3v) is 6.30. The number of halogens is 3. The summed E-state index contributed by atoms with van der Waals surface area (Å²) >= 11 is 6.51. The van der Waals surface area contributed by atoms with Gasteiger partial charge in [0.1, 0.15) is 11.8 Å². The van der Waals surface area contributed by atoms with Crippen LogP contribution in [0.15, 0.2) is 48.8 Å². The number of nitrogens with one attached hydrogen (secondary N) is 4. The fraction of sp³-hybridized carbons (Fsp3) is 0.308. The van der Waals surface area contributed by atoms with Crippen LogP contribution in [0.5, 0.6) is 5.75 Å². The number of hydrogen-bond acceptors (Lipinski definition) is 8. The predicted octanol–water partition coefficient (Wildman–Crippen LogP) is 4.24. The van der Waals surface area contributed by atoms with Gasteiger partial charge in [0, 0.05) is 43.4 Å². The van der Waals surface area contributed by atoms with E-state index in [-0.39, 0.29) is 36.3 Å². The van der Waals surface area contributed by atoms with E-state index < -0.39 is 6.03 Å². The van der Waals surface area contributed by atoms with Gasteiger partial charge in [-0.2, -0.15) is 5.26 Å². The van der Waals surface area contributed by atoms with Gasteiger partial charge in [-0.1, -0.05) is 23.7 Å². The fourth-order valence-corrected chi connectivity index (χ4v) is 4.24. The molecule has 1 aliphatic rings. The lowest BCUT2D eigenvalue weighted by atomic mass is 10.1. The molecule has 208 valence electrons. The van der Waals surface area contributed by atoms with Crippen LogP contribution in [0.2, 0.25) is 5.02 Å². The van der Waals surface area contributed by atoms with Gasteiger partial charge in [-0.3, -0.25) is 5.32 Å². The fourth-order valence-electron chi connectivity index (χ4n) is 3.98. The first kappa shape index (κ1) is 31.9. The van der Waals surface area contributed by atoms with Crippen LogP contribution in [0.3, 0.4) is 0 Å². The molecule has 0 bridgehead atoms. The summed E-state index contributed by atoms with van der Waals surface area (Å²) in [5, 5.41) is 21.4. The second-order valence-electron chi connectivity index (χ2n) is 8.45. The number of aromatic nitrogens is 2. The van der Waals surface area contributed by atoms with E-state index in [0.29, 0.717) is 22.9 Å². The normalized spacial score (nSPS) is 12.4. The van der Waals surface area contributed by atoms with Crippen molar-refractivity contribution in [3.63, 3.8) is 0 Å². The molecule has 2 heterocycles. The third-order valence-electron chi connectivity index (χ3n) is 5.94. The number of ether oxygens (including phenoxy) is 1. The van der Waals surface area contributed by atoms with Crippen LogP contribution in [0, 0.1) is 11.3 Å². The zero-order valence-corrected chi connectivity index (χ0v) is 23.8. The van der Waals surface area contributed by atoms with Crippen molar-refractivity contribution >= 4 is 59.6 Å². The van der Waals surface area contributed by atoms with Crippen molar-refractivity contribution in [2.24, 2.45) is 0 Å². The standard InChI is InChI=1S/C26H29ClN8O2.2ClH/c1-37-24-12-19(6-7-30-15-18-2-4-21(5-3-18)35-10-8-29-9-11-35)22(27)13-23(24)33-26(36)34-25-17-31-20(14-28)16-32-25;;/h2-5,12-13,16-17,29-30H,6-11,15H2,1H3,(H2,32,33,34,36);2*1H. The van der Waals surface area contributed by atoms with Gasteiger partial charge >= 0.3 is 6.03 Å². The molecule has 0 unspecified atom stereocenters. The van der Waals surface area contributed by atoms with E-state index in [1.165, 1.54) is 30.8 Å². The van der Waals surface area contributed by atoms with E-state index in [2.05, 4.69) is 60.4 Å². The Balaban J connectivity index is 0.00000267. The Kier molecular flexibility index (Phi) is 13.0. The number of benzene rings is 2. The van der Waals surface area contributed by atoms with Gasteiger partial charge in [0.25, 0.3) is 0 Å². The lowest BCUT2D eigenvalue weighted by molar-refractivity contribution is 0.262. The van der Waals surface area contributed by atoms with E-state index in [0.717, 1.165) is 44.8 Å². The molecular formula is C26H31Cl3N8O2. The van der Waals surface area contributed by atoms with Crippen molar-refractivity contribution in [3.05, 3.63) is 70.6 Å². The van der Waals surface area contributed by atoms with Gasteiger partial charge in [-0.15, -0.1) is 24.8 Å². The van der Waals surface area contributed by atoms with Gasteiger partial charge in [-0.05, 0) is 48.4 Å². The number of carbonyl (C=O) groups is 1. The highest BCUT2D eigenvalue weighted by Crippen LogP contribution is 2.31. The van der Waals surface area contributed by atoms with Crippen molar-refractivity contribution in [1.29, 1.82) is 5.26 Å².